The predicted octanol–water partition coefficient (Wildman–Crippen LogP) is 1.75. The number of carbonyl (C=O) groups is 1. The molecular formula is C15H22N2O. The van der Waals surface area contributed by atoms with Crippen molar-refractivity contribution in [2.24, 2.45) is 0 Å². The predicted molar refractivity (Wildman–Crippen MR) is 73.5 cm³/mol. The highest BCUT2D eigenvalue weighted by molar-refractivity contribution is 5.79. The smallest absolute Gasteiger partial charge is 0.227 e. The Morgan fingerprint density at radius 3 is 2.89 bits per heavy atom. The Morgan fingerprint density at radius 1 is 1.44 bits per heavy atom. The van der Waals surface area contributed by atoms with Crippen LogP contribution in [0.3, 0.4) is 0 Å². The van der Waals surface area contributed by atoms with Gasteiger partial charge in [0, 0.05) is 19.6 Å². The minimum atomic E-state index is 0.220. The average Bonchev–Trinajstić information content (AvgIpc) is 2.41. The molecule has 2 rings (SSSR count). The van der Waals surface area contributed by atoms with E-state index in [1.165, 1.54) is 5.56 Å². The molecule has 0 bridgehead atoms. The molecule has 1 fully saturated rings. The summed E-state index contributed by atoms with van der Waals surface area (Å²) >= 11 is 0. The van der Waals surface area contributed by atoms with Crippen LogP contribution in [0.1, 0.15) is 24.0 Å². The van der Waals surface area contributed by atoms with E-state index in [0.717, 1.165) is 31.5 Å². The maximum Gasteiger partial charge on any atom is 0.227 e. The molecule has 1 unspecified atom stereocenters. The van der Waals surface area contributed by atoms with Crippen molar-refractivity contribution < 1.29 is 4.79 Å². The van der Waals surface area contributed by atoms with Gasteiger partial charge in [-0.15, -0.1) is 0 Å². The molecule has 98 valence electrons. The third kappa shape index (κ3) is 3.10. The number of hydrogen-bond acceptors (Lipinski definition) is 2. The summed E-state index contributed by atoms with van der Waals surface area (Å²) in [6, 6.07) is 8.47. The van der Waals surface area contributed by atoms with Gasteiger partial charge < -0.3 is 10.2 Å². The number of amides is 1. The van der Waals surface area contributed by atoms with Crippen molar-refractivity contribution >= 4 is 5.91 Å². The Kier molecular flexibility index (Phi) is 4.37. The molecule has 1 heterocycles. The van der Waals surface area contributed by atoms with Crippen molar-refractivity contribution in [3.05, 3.63) is 35.4 Å². The number of carbonyl (C=O) groups excluding carboxylic acids is 1. The van der Waals surface area contributed by atoms with Crippen LogP contribution in [0.25, 0.3) is 0 Å². The van der Waals surface area contributed by atoms with E-state index in [1.54, 1.807) is 0 Å². The zero-order valence-electron chi connectivity index (χ0n) is 11.3. The minimum absolute atomic E-state index is 0.220. The van der Waals surface area contributed by atoms with Crippen LogP contribution in [0.15, 0.2) is 24.3 Å². The number of hydrogen-bond donors (Lipinski definition) is 1. The zero-order chi connectivity index (χ0) is 13.0. The Balaban J connectivity index is 1.97. The summed E-state index contributed by atoms with van der Waals surface area (Å²) in [6.07, 6.45) is 2.79. The van der Waals surface area contributed by atoms with E-state index in [4.69, 9.17) is 0 Å². The molecule has 0 aliphatic carbocycles. The highest BCUT2D eigenvalue weighted by Crippen LogP contribution is 2.13. The molecule has 1 aliphatic heterocycles. The highest BCUT2D eigenvalue weighted by Gasteiger charge is 2.21. The van der Waals surface area contributed by atoms with Gasteiger partial charge in [0.25, 0.3) is 0 Å². The quantitative estimate of drug-likeness (QED) is 0.881. The molecular weight excluding hydrogens is 224 g/mol. The number of likely N-dealkylation sites (N-methyl/N-ethyl adjacent to an activating group) is 1. The molecule has 1 aliphatic rings. The van der Waals surface area contributed by atoms with Crippen molar-refractivity contribution in [1.82, 2.24) is 10.2 Å². The fraction of sp³-hybridized carbons (Fsp3) is 0.533. The van der Waals surface area contributed by atoms with Gasteiger partial charge in [0.15, 0.2) is 0 Å². The Morgan fingerprint density at radius 2 is 2.22 bits per heavy atom. The standard InChI is InChI=1S/C15H22N2O/c1-12-6-3-4-7-13(12)10-15(18)17(2)14-8-5-9-16-11-14/h3-4,6-7,14,16H,5,8-11H2,1-2H3. The molecule has 0 saturated carbocycles. The molecule has 18 heavy (non-hydrogen) atoms. The van der Waals surface area contributed by atoms with Crippen LogP contribution in [0, 0.1) is 6.92 Å². The van der Waals surface area contributed by atoms with Crippen molar-refractivity contribution in [2.45, 2.75) is 32.2 Å². The second-order valence-electron chi connectivity index (χ2n) is 5.11. The van der Waals surface area contributed by atoms with Gasteiger partial charge in [0.05, 0.1) is 6.42 Å². The van der Waals surface area contributed by atoms with E-state index >= 15 is 0 Å². The van der Waals surface area contributed by atoms with Crippen LogP contribution in [0.5, 0.6) is 0 Å². The normalized spacial score (nSPS) is 19.6. The number of benzene rings is 1. The monoisotopic (exact) mass is 246 g/mol. The lowest BCUT2D eigenvalue weighted by molar-refractivity contribution is -0.131. The van der Waals surface area contributed by atoms with Gasteiger partial charge in [0.2, 0.25) is 5.91 Å². The number of nitrogens with one attached hydrogen (secondary N) is 1. The summed E-state index contributed by atoms with van der Waals surface area (Å²) < 4.78 is 0. The lowest BCUT2D eigenvalue weighted by Gasteiger charge is -2.32. The van der Waals surface area contributed by atoms with E-state index in [2.05, 4.69) is 18.3 Å². The number of piperidine rings is 1. The first-order valence-corrected chi connectivity index (χ1v) is 6.69. The van der Waals surface area contributed by atoms with Crippen LogP contribution in [0.4, 0.5) is 0 Å². The average molecular weight is 246 g/mol. The first kappa shape index (κ1) is 13.1. The third-order valence-corrected chi connectivity index (χ3v) is 3.81. The first-order valence-electron chi connectivity index (χ1n) is 6.69. The van der Waals surface area contributed by atoms with Crippen LogP contribution in [-0.2, 0) is 11.2 Å². The lowest BCUT2D eigenvalue weighted by atomic mass is 10.0. The number of aryl methyl sites for hydroxylation is 1. The van der Waals surface area contributed by atoms with E-state index in [0.29, 0.717) is 12.5 Å². The molecule has 1 saturated heterocycles. The van der Waals surface area contributed by atoms with E-state index < -0.39 is 0 Å². The first-order chi connectivity index (χ1) is 8.68. The second-order valence-corrected chi connectivity index (χ2v) is 5.11. The zero-order valence-corrected chi connectivity index (χ0v) is 11.3. The Labute approximate surface area is 109 Å². The van der Waals surface area contributed by atoms with Gasteiger partial charge in [-0.2, -0.15) is 0 Å². The van der Waals surface area contributed by atoms with Crippen molar-refractivity contribution in [2.75, 3.05) is 20.1 Å². The highest BCUT2D eigenvalue weighted by atomic mass is 16.2. The van der Waals surface area contributed by atoms with Gasteiger partial charge in [-0.05, 0) is 37.4 Å². The number of nitrogens with zero attached hydrogens (tertiary/aromatic N) is 1. The Bertz CT molecular complexity index is 411. The van der Waals surface area contributed by atoms with Gasteiger partial charge in [0.1, 0.15) is 0 Å². The minimum Gasteiger partial charge on any atom is -0.341 e. The molecule has 3 nitrogen and oxygen atoms in total. The molecule has 1 N–H and O–H groups in total. The fourth-order valence-electron chi connectivity index (χ4n) is 2.46. The van der Waals surface area contributed by atoms with Gasteiger partial charge in [-0.3, -0.25) is 4.79 Å². The summed E-state index contributed by atoms with van der Waals surface area (Å²) in [4.78, 5) is 14.2. The van der Waals surface area contributed by atoms with Crippen LogP contribution < -0.4 is 5.32 Å². The largest absolute Gasteiger partial charge is 0.341 e. The molecule has 1 aromatic rings. The van der Waals surface area contributed by atoms with Crippen LogP contribution in [0.2, 0.25) is 0 Å². The summed E-state index contributed by atoms with van der Waals surface area (Å²) in [5.74, 6) is 0.220. The molecule has 0 spiro atoms. The molecule has 0 aromatic heterocycles. The molecule has 0 radical (unpaired) electrons. The number of rotatable bonds is 3. The fourth-order valence-corrected chi connectivity index (χ4v) is 2.46. The second kappa shape index (κ2) is 6.01. The summed E-state index contributed by atoms with van der Waals surface area (Å²) in [5, 5.41) is 3.35. The summed E-state index contributed by atoms with van der Waals surface area (Å²) in [7, 11) is 1.93. The molecule has 1 aromatic carbocycles. The molecule has 3 heteroatoms. The Hall–Kier alpha value is -1.35. The van der Waals surface area contributed by atoms with E-state index in [-0.39, 0.29) is 5.91 Å². The van der Waals surface area contributed by atoms with Crippen LogP contribution in [-0.4, -0.2) is 37.0 Å². The van der Waals surface area contributed by atoms with E-state index in [1.807, 2.05) is 30.1 Å². The van der Waals surface area contributed by atoms with Crippen molar-refractivity contribution in [3.8, 4) is 0 Å². The maximum atomic E-state index is 12.3. The van der Waals surface area contributed by atoms with E-state index in [9.17, 15) is 4.79 Å². The molecule has 1 amide bonds. The molecule has 1 atom stereocenters. The van der Waals surface area contributed by atoms with Gasteiger partial charge in [-0.1, -0.05) is 24.3 Å². The van der Waals surface area contributed by atoms with Gasteiger partial charge in [-0.25, -0.2) is 0 Å². The maximum absolute atomic E-state index is 12.3. The topological polar surface area (TPSA) is 32.3 Å². The van der Waals surface area contributed by atoms with Crippen molar-refractivity contribution in [3.63, 3.8) is 0 Å². The third-order valence-electron chi connectivity index (χ3n) is 3.81. The summed E-state index contributed by atoms with van der Waals surface area (Å²) in [5.41, 5.74) is 2.33. The SMILES string of the molecule is Cc1ccccc1CC(=O)N(C)C1CCCNC1. The van der Waals surface area contributed by atoms with Crippen LogP contribution >= 0.6 is 0 Å². The lowest BCUT2D eigenvalue weighted by Crippen LogP contribution is -2.47. The summed E-state index contributed by atoms with van der Waals surface area (Å²) in [6.45, 7) is 4.07. The van der Waals surface area contributed by atoms with Gasteiger partial charge >= 0.3 is 0 Å². The van der Waals surface area contributed by atoms with Crippen molar-refractivity contribution in [1.29, 1.82) is 0 Å².